The van der Waals surface area contributed by atoms with Crippen LogP contribution in [0.15, 0.2) is 30.3 Å². The average molecular weight is 261 g/mol. The molecule has 1 aliphatic rings. The predicted molar refractivity (Wildman–Crippen MR) is 80.2 cm³/mol. The molecule has 2 nitrogen and oxygen atoms in total. The molecule has 1 aliphatic carbocycles. The Morgan fingerprint density at radius 3 is 2.32 bits per heavy atom. The summed E-state index contributed by atoms with van der Waals surface area (Å²) in [6.07, 6.45) is 4.95. The summed E-state index contributed by atoms with van der Waals surface area (Å²) in [6.45, 7) is 8.34. The molecule has 1 fully saturated rings. The van der Waals surface area contributed by atoms with Gasteiger partial charge in [0.1, 0.15) is 0 Å². The quantitative estimate of drug-likeness (QED) is 0.868. The van der Waals surface area contributed by atoms with E-state index in [9.17, 15) is 0 Å². The van der Waals surface area contributed by atoms with E-state index < -0.39 is 0 Å². The number of hydrogen-bond acceptors (Lipinski definition) is 2. The third-order valence-electron chi connectivity index (χ3n) is 3.84. The summed E-state index contributed by atoms with van der Waals surface area (Å²) < 4.78 is 6.31. The minimum Gasteiger partial charge on any atom is -0.369 e. The number of hydrogen-bond donors (Lipinski definition) is 1. The molecule has 0 bridgehead atoms. The van der Waals surface area contributed by atoms with Gasteiger partial charge in [-0.15, -0.1) is 0 Å². The Morgan fingerprint density at radius 1 is 1.11 bits per heavy atom. The molecule has 19 heavy (non-hydrogen) atoms. The lowest BCUT2D eigenvalue weighted by Crippen LogP contribution is -2.47. The lowest BCUT2D eigenvalue weighted by molar-refractivity contribution is -0.0535. The summed E-state index contributed by atoms with van der Waals surface area (Å²) in [5.41, 5.74) is 1.47. The van der Waals surface area contributed by atoms with Crippen molar-refractivity contribution in [2.75, 3.05) is 6.54 Å². The van der Waals surface area contributed by atoms with Crippen molar-refractivity contribution in [3.8, 4) is 0 Å². The lowest BCUT2D eigenvalue weighted by Gasteiger charge is -2.33. The van der Waals surface area contributed by atoms with Gasteiger partial charge >= 0.3 is 0 Å². The average Bonchev–Trinajstić information content (AvgIpc) is 2.84. The first-order chi connectivity index (χ1) is 8.99. The Hall–Kier alpha value is -0.860. The Bertz CT molecular complexity index is 374. The van der Waals surface area contributed by atoms with Gasteiger partial charge in [0.2, 0.25) is 0 Å². The topological polar surface area (TPSA) is 21.3 Å². The summed E-state index contributed by atoms with van der Waals surface area (Å²) >= 11 is 0. The van der Waals surface area contributed by atoms with Crippen LogP contribution in [0.25, 0.3) is 0 Å². The molecular formula is C17H27NO. The van der Waals surface area contributed by atoms with Crippen molar-refractivity contribution in [3.05, 3.63) is 35.9 Å². The van der Waals surface area contributed by atoms with Crippen molar-refractivity contribution < 1.29 is 4.74 Å². The molecule has 1 N–H and O–H groups in total. The SMILES string of the molecule is CC(C)(C)NCC1(OCc2ccccc2)CCCC1. The molecular weight excluding hydrogens is 234 g/mol. The highest BCUT2D eigenvalue weighted by molar-refractivity contribution is 5.13. The fraction of sp³-hybridized carbons (Fsp3) is 0.647. The first-order valence-corrected chi connectivity index (χ1v) is 7.42. The molecule has 1 aromatic carbocycles. The minimum absolute atomic E-state index is 0.0448. The van der Waals surface area contributed by atoms with E-state index in [0.29, 0.717) is 0 Å². The van der Waals surface area contributed by atoms with Crippen LogP contribution in [-0.2, 0) is 11.3 Å². The maximum absolute atomic E-state index is 6.31. The van der Waals surface area contributed by atoms with E-state index in [1.54, 1.807) is 0 Å². The predicted octanol–water partition coefficient (Wildman–Crippen LogP) is 3.90. The number of nitrogens with one attached hydrogen (secondary N) is 1. The van der Waals surface area contributed by atoms with Crippen molar-refractivity contribution in [2.24, 2.45) is 0 Å². The van der Waals surface area contributed by atoms with Crippen molar-refractivity contribution in [1.29, 1.82) is 0 Å². The number of benzene rings is 1. The first-order valence-electron chi connectivity index (χ1n) is 7.42. The van der Waals surface area contributed by atoms with E-state index in [2.05, 4.69) is 56.4 Å². The van der Waals surface area contributed by atoms with Crippen molar-refractivity contribution in [3.63, 3.8) is 0 Å². The maximum Gasteiger partial charge on any atom is 0.0811 e. The minimum atomic E-state index is 0.0448. The summed E-state index contributed by atoms with van der Waals surface area (Å²) in [5.74, 6) is 0. The summed E-state index contributed by atoms with van der Waals surface area (Å²) in [7, 11) is 0. The molecule has 0 saturated heterocycles. The zero-order valence-electron chi connectivity index (χ0n) is 12.5. The number of rotatable bonds is 5. The second kappa shape index (κ2) is 6.06. The molecule has 0 spiro atoms. The van der Waals surface area contributed by atoms with Crippen LogP contribution in [0, 0.1) is 0 Å². The van der Waals surface area contributed by atoms with Crippen LogP contribution >= 0.6 is 0 Å². The zero-order chi connectivity index (χ0) is 13.8. The Balaban J connectivity index is 1.92. The smallest absolute Gasteiger partial charge is 0.0811 e. The first kappa shape index (κ1) is 14.5. The van der Waals surface area contributed by atoms with Gasteiger partial charge in [0, 0.05) is 12.1 Å². The Morgan fingerprint density at radius 2 is 1.74 bits per heavy atom. The summed E-state index contributed by atoms with van der Waals surface area (Å²) in [4.78, 5) is 0. The highest BCUT2D eigenvalue weighted by Gasteiger charge is 2.35. The van der Waals surface area contributed by atoms with Gasteiger partial charge in [-0.25, -0.2) is 0 Å². The zero-order valence-corrected chi connectivity index (χ0v) is 12.5. The number of ether oxygens (including phenoxy) is 1. The van der Waals surface area contributed by atoms with E-state index >= 15 is 0 Å². The van der Waals surface area contributed by atoms with Gasteiger partial charge in [0.25, 0.3) is 0 Å². The van der Waals surface area contributed by atoms with Crippen LogP contribution in [0.1, 0.15) is 52.0 Å². The highest BCUT2D eigenvalue weighted by Crippen LogP contribution is 2.34. The van der Waals surface area contributed by atoms with Gasteiger partial charge in [-0.05, 0) is 39.2 Å². The molecule has 1 aromatic rings. The largest absolute Gasteiger partial charge is 0.369 e. The molecule has 0 radical (unpaired) electrons. The Kier molecular flexibility index (Phi) is 4.64. The Labute approximate surface area is 117 Å². The second-order valence-corrected chi connectivity index (χ2v) is 6.77. The standard InChI is InChI=1S/C17H27NO/c1-16(2,3)18-14-17(11-7-8-12-17)19-13-15-9-5-4-6-10-15/h4-6,9-10,18H,7-8,11-14H2,1-3H3. The van der Waals surface area contributed by atoms with Crippen LogP contribution in [0.3, 0.4) is 0 Å². The molecule has 2 rings (SSSR count). The van der Waals surface area contributed by atoms with Gasteiger partial charge in [-0.3, -0.25) is 0 Å². The lowest BCUT2D eigenvalue weighted by atomic mass is 9.99. The van der Waals surface area contributed by atoms with E-state index in [1.165, 1.54) is 31.2 Å². The van der Waals surface area contributed by atoms with Crippen molar-refractivity contribution in [1.82, 2.24) is 5.32 Å². The van der Waals surface area contributed by atoms with Gasteiger partial charge in [-0.2, -0.15) is 0 Å². The molecule has 0 aromatic heterocycles. The van der Waals surface area contributed by atoms with Crippen LogP contribution in [-0.4, -0.2) is 17.7 Å². The van der Waals surface area contributed by atoms with E-state index in [1.807, 2.05) is 0 Å². The molecule has 2 heteroatoms. The van der Waals surface area contributed by atoms with Crippen molar-refractivity contribution in [2.45, 2.75) is 64.2 Å². The van der Waals surface area contributed by atoms with E-state index in [0.717, 1.165) is 13.2 Å². The third-order valence-corrected chi connectivity index (χ3v) is 3.84. The maximum atomic E-state index is 6.31. The normalized spacial score (nSPS) is 18.7. The van der Waals surface area contributed by atoms with Gasteiger partial charge in [-0.1, -0.05) is 43.2 Å². The van der Waals surface area contributed by atoms with Gasteiger partial charge < -0.3 is 10.1 Å². The monoisotopic (exact) mass is 261 g/mol. The highest BCUT2D eigenvalue weighted by atomic mass is 16.5. The summed E-state index contributed by atoms with van der Waals surface area (Å²) in [5, 5.41) is 3.62. The van der Waals surface area contributed by atoms with Gasteiger partial charge in [0.05, 0.1) is 12.2 Å². The van der Waals surface area contributed by atoms with Crippen LogP contribution < -0.4 is 5.32 Å². The molecule has 0 aliphatic heterocycles. The molecule has 0 heterocycles. The third kappa shape index (κ3) is 4.63. The van der Waals surface area contributed by atoms with E-state index in [-0.39, 0.29) is 11.1 Å². The molecule has 0 amide bonds. The van der Waals surface area contributed by atoms with Crippen molar-refractivity contribution >= 4 is 0 Å². The fourth-order valence-corrected chi connectivity index (χ4v) is 2.63. The van der Waals surface area contributed by atoms with Gasteiger partial charge in [0.15, 0.2) is 0 Å². The molecule has 1 saturated carbocycles. The molecule has 0 atom stereocenters. The second-order valence-electron chi connectivity index (χ2n) is 6.77. The van der Waals surface area contributed by atoms with Crippen LogP contribution in [0.5, 0.6) is 0 Å². The summed E-state index contributed by atoms with van der Waals surface area (Å²) in [6, 6.07) is 10.5. The van der Waals surface area contributed by atoms with Crippen LogP contribution in [0.2, 0.25) is 0 Å². The molecule has 106 valence electrons. The fourth-order valence-electron chi connectivity index (χ4n) is 2.63. The van der Waals surface area contributed by atoms with E-state index in [4.69, 9.17) is 4.74 Å². The van der Waals surface area contributed by atoms with Crippen LogP contribution in [0.4, 0.5) is 0 Å². The molecule has 0 unspecified atom stereocenters.